The molecule has 0 saturated carbocycles. The molecule has 0 aromatic heterocycles. The van der Waals surface area contributed by atoms with Gasteiger partial charge in [0.05, 0.1) is 5.75 Å². The second-order valence-corrected chi connectivity index (χ2v) is 8.51. The molecule has 0 atom stereocenters. The van der Waals surface area contributed by atoms with Gasteiger partial charge in [-0.1, -0.05) is 110 Å². The van der Waals surface area contributed by atoms with Gasteiger partial charge in [-0.05, 0) is 6.42 Å². The van der Waals surface area contributed by atoms with Gasteiger partial charge < -0.3 is 0 Å². The van der Waals surface area contributed by atoms with Crippen LogP contribution in [-0.2, 0) is 10.1 Å². The van der Waals surface area contributed by atoms with E-state index in [1.165, 1.54) is 89.9 Å². The van der Waals surface area contributed by atoms with Crippen LogP contribution in [0.1, 0.15) is 116 Å². The smallest absolute Gasteiger partial charge is 0.264 e. The van der Waals surface area contributed by atoms with Crippen LogP contribution in [0, 0.1) is 0 Å². The van der Waals surface area contributed by atoms with Gasteiger partial charge in [-0.2, -0.15) is 8.42 Å². The normalized spacial score (nSPS) is 11.9. The van der Waals surface area contributed by atoms with Gasteiger partial charge in [0.2, 0.25) is 0 Å². The minimum atomic E-state index is -3.74. The lowest BCUT2D eigenvalue weighted by Gasteiger charge is -2.03. The van der Waals surface area contributed by atoms with E-state index < -0.39 is 10.1 Å². The maximum Gasteiger partial charge on any atom is 0.264 e. The van der Waals surface area contributed by atoms with E-state index in [9.17, 15) is 8.42 Å². The van der Waals surface area contributed by atoms with Gasteiger partial charge >= 0.3 is 0 Å². The van der Waals surface area contributed by atoms with Gasteiger partial charge in [-0.25, -0.2) is 0 Å². The van der Waals surface area contributed by atoms with E-state index in [1.54, 1.807) is 0 Å². The second kappa shape index (κ2) is 16.8. The first-order valence-electron chi connectivity index (χ1n) is 10.0. The van der Waals surface area contributed by atoms with Crippen molar-refractivity contribution in [3.63, 3.8) is 0 Å². The average Bonchev–Trinajstić information content (AvgIpc) is 2.49. The summed E-state index contributed by atoms with van der Waals surface area (Å²) in [6.07, 6.45) is 21.8. The molecule has 23 heavy (non-hydrogen) atoms. The van der Waals surface area contributed by atoms with Crippen molar-refractivity contribution >= 4 is 10.1 Å². The van der Waals surface area contributed by atoms with Crippen LogP contribution in [-0.4, -0.2) is 18.7 Å². The van der Waals surface area contributed by atoms with Gasteiger partial charge in [-0.15, -0.1) is 0 Å². The fraction of sp³-hybridized carbons (Fsp3) is 1.00. The molecule has 0 amide bonds. The van der Waals surface area contributed by atoms with Gasteiger partial charge in [0.1, 0.15) is 0 Å². The first-order valence-corrected chi connectivity index (χ1v) is 11.6. The van der Waals surface area contributed by atoms with Crippen LogP contribution >= 0.6 is 0 Å². The fourth-order valence-electron chi connectivity index (χ4n) is 3.01. The molecule has 0 aliphatic heterocycles. The van der Waals surface area contributed by atoms with Gasteiger partial charge in [0.25, 0.3) is 10.1 Å². The zero-order valence-corrected chi connectivity index (χ0v) is 16.2. The average molecular weight is 349 g/mol. The van der Waals surface area contributed by atoms with Crippen molar-refractivity contribution in [1.82, 2.24) is 0 Å². The van der Waals surface area contributed by atoms with Crippen molar-refractivity contribution in [2.45, 2.75) is 116 Å². The van der Waals surface area contributed by atoms with E-state index >= 15 is 0 Å². The molecule has 0 radical (unpaired) electrons. The van der Waals surface area contributed by atoms with Crippen molar-refractivity contribution in [3.05, 3.63) is 0 Å². The third kappa shape index (κ3) is 21.9. The van der Waals surface area contributed by atoms with Gasteiger partial charge in [0, 0.05) is 0 Å². The summed E-state index contributed by atoms with van der Waals surface area (Å²) in [6.45, 7) is 2.27. The molecule has 0 unspecified atom stereocenters. The highest BCUT2D eigenvalue weighted by atomic mass is 32.2. The molecular formula is C19H40O3S. The standard InChI is InChI=1S/C19H40O3S/c1-2-3-4-5-6-7-8-9-10-11-12-13-14-15-16-17-18-19-23(20,21)22/h2-19H2,1H3,(H,20,21,22). The predicted molar refractivity (Wildman–Crippen MR) is 101 cm³/mol. The summed E-state index contributed by atoms with van der Waals surface area (Å²) in [5.74, 6) is -0.0778. The lowest BCUT2D eigenvalue weighted by molar-refractivity contribution is 0.478. The highest BCUT2D eigenvalue weighted by Gasteiger charge is 2.02. The van der Waals surface area contributed by atoms with E-state index in [0.29, 0.717) is 6.42 Å². The minimum absolute atomic E-state index is 0.0778. The topological polar surface area (TPSA) is 54.4 Å². The molecule has 0 aromatic carbocycles. The predicted octanol–water partition coefficient (Wildman–Crippen LogP) is 6.53. The maximum atomic E-state index is 10.5. The van der Waals surface area contributed by atoms with Crippen molar-refractivity contribution in [1.29, 1.82) is 0 Å². The minimum Gasteiger partial charge on any atom is -0.286 e. The van der Waals surface area contributed by atoms with Crippen molar-refractivity contribution < 1.29 is 13.0 Å². The lowest BCUT2D eigenvalue weighted by Crippen LogP contribution is -2.03. The Morgan fingerprint density at radius 1 is 0.522 bits per heavy atom. The summed E-state index contributed by atoms with van der Waals surface area (Å²) >= 11 is 0. The molecule has 0 spiro atoms. The first-order chi connectivity index (χ1) is 11.1. The Hall–Kier alpha value is -0.0900. The number of hydrogen-bond donors (Lipinski definition) is 1. The summed E-state index contributed by atoms with van der Waals surface area (Å²) in [5, 5.41) is 0. The Bertz CT molecular complexity index is 326. The highest BCUT2D eigenvalue weighted by Crippen LogP contribution is 2.14. The zero-order chi connectivity index (χ0) is 17.2. The van der Waals surface area contributed by atoms with E-state index in [2.05, 4.69) is 6.92 Å². The van der Waals surface area contributed by atoms with Crippen LogP contribution in [0.5, 0.6) is 0 Å². The number of rotatable bonds is 18. The molecule has 3 nitrogen and oxygen atoms in total. The quantitative estimate of drug-likeness (QED) is 0.226. The molecule has 0 aliphatic rings. The van der Waals surface area contributed by atoms with Crippen molar-refractivity contribution in [2.24, 2.45) is 0 Å². The van der Waals surface area contributed by atoms with Gasteiger partial charge in [0.15, 0.2) is 0 Å². The summed E-state index contributed by atoms with van der Waals surface area (Å²) in [4.78, 5) is 0. The molecule has 0 rings (SSSR count). The lowest BCUT2D eigenvalue weighted by atomic mass is 10.0. The Morgan fingerprint density at radius 3 is 1.04 bits per heavy atom. The van der Waals surface area contributed by atoms with E-state index in [4.69, 9.17) is 4.55 Å². The van der Waals surface area contributed by atoms with Crippen LogP contribution in [0.4, 0.5) is 0 Å². The van der Waals surface area contributed by atoms with Crippen LogP contribution < -0.4 is 0 Å². The van der Waals surface area contributed by atoms with Crippen LogP contribution in [0.3, 0.4) is 0 Å². The largest absolute Gasteiger partial charge is 0.286 e. The summed E-state index contributed by atoms with van der Waals surface area (Å²) < 4.78 is 29.7. The summed E-state index contributed by atoms with van der Waals surface area (Å²) in [7, 11) is -3.74. The summed E-state index contributed by atoms with van der Waals surface area (Å²) in [6, 6.07) is 0. The van der Waals surface area contributed by atoms with E-state index in [0.717, 1.165) is 12.8 Å². The fourth-order valence-corrected chi connectivity index (χ4v) is 3.58. The molecule has 0 heterocycles. The molecule has 0 bridgehead atoms. The van der Waals surface area contributed by atoms with Crippen molar-refractivity contribution in [2.75, 3.05) is 5.75 Å². The van der Waals surface area contributed by atoms with Crippen LogP contribution in [0.25, 0.3) is 0 Å². The summed E-state index contributed by atoms with van der Waals surface area (Å²) in [5.41, 5.74) is 0. The first kappa shape index (κ1) is 22.9. The monoisotopic (exact) mass is 348 g/mol. The molecule has 0 aromatic rings. The Labute approximate surface area is 145 Å². The van der Waals surface area contributed by atoms with Crippen LogP contribution in [0.2, 0.25) is 0 Å². The van der Waals surface area contributed by atoms with Crippen molar-refractivity contribution in [3.8, 4) is 0 Å². The molecular weight excluding hydrogens is 308 g/mol. The molecule has 0 saturated heterocycles. The molecule has 0 fully saturated rings. The van der Waals surface area contributed by atoms with Crippen LogP contribution in [0.15, 0.2) is 0 Å². The second-order valence-electron chi connectivity index (χ2n) is 6.94. The maximum absolute atomic E-state index is 10.5. The number of hydrogen-bond acceptors (Lipinski definition) is 2. The molecule has 0 aliphatic carbocycles. The van der Waals surface area contributed by atoms with E-state index in [1.807, 2.05) is 0 Å². The highest BCUT2D eigenvalue weighted by molar-refractivity contribution is 7.85. The van der Waals surface area contributed by atoms with Gasteiger partial charge in [-0.3, -0.25) is 4.55 Å². The Balaban J connectivity index is 3.03. The Morgan fingerprint density at radius 2 is 0.783 bits per heavy atom. The van der Waals surface area contributed by atoms with E-state index in [-0.39, 0.29) is 5.75 Å². The molecule has 4 heteroatoms. The number of unbranched alkanes of at least 4 members (excludes halogenated alkanes) is 16. The molecule has 1 N–H and O–H groups in total. The third-order valence-corrected chi connectivity index (χ3v) is 5.31. The Kier molecular flexibility index (Phi) is 16.7. The zero-order valence-electron chi connectivity index (χ0n) is 15.4. The SMILES string of the molecule is CCCCCCCCCCCCCCCCCCCS(=O)(=O)O. The third-order valence-electron chi connectivity index (χ3n) is 4.51. The molecule has 140 valence electrons.